The molecule has 0 bridgehead atoms. The Balaban J connectivity index is 2.31. The molecule has 0 radical (unpaired) electrons. The van der Waals surface area contributed by atoms with Crippen LogP contribution in [0.1, 0.15) is 5.69 Å². The highest BCUT2D eigenvalue weighted by atomic mass is 32.2. The Morgan fingerprint density at radius 3 is 2.20 bits per heavy atom. The molecule has 106 valence electrons. The smallest absolute Gasteiger partial charge is 0.263 e. The van der Waals surface area contributed by atoms with Crippen LogP contribution in [0.5, 0.6) is 0 Å². The number of hydrogen-bond acceptors (Lipinski definition) is 3. The van der Waals surface area contributed by atoms with Crippen LogP contribution in [-0.4, -0.2) is 13.4 Å². The number of alkyl halides is 3. The van der Waals surface area contributed by atoms with Gasteiger partial charge in [0.2, 0.25) is 0 Å². The van der Waals surface area contributed by atoms with Crippen molar-refractivity contribution in [2.45, 2.75) is 11.1 Å². The number of pyridine rings is 1. The van der Waals surface area contributed by atoms with E-state index in [1.807, 2.05) is 4.72 Å². The van der Waals surface area contributed by atoms with Crippen molar-refractivity contribution in [2.24, 2.45) is 0 Å². The molecule has 0 aliphatic carbocycles. The van der Waals surface area contributed by atoms with Gasteiger partial charge in [-0.3, -0.25) is 4.72 Å². The molecule has 4 nitrogen and oxygen atoms in total. The summed E-state index contributed by atoms with van der Waals surface area (Å²) in [7, 11) is -3.96. The van der Waals surface area contributed by atoms with Gasteiger partial charge in [0.1, 0.15) is 11.5 Å². The molecule has 2 aromatic rings. The maximum atomic E-state index is 12.5. The van der Waals surface area contributed by atoms with Crippen molar-refractivity contribution in [1.82, 2.24) is 4.98 Å². The highest BCUT2D eigenvalue weighted by Gasteiger charge is 2.32. The molecule has 8 heteroatoms. The molecule has 0 spiro atoms. The largest absolute Gasteiger partial charge is 0.433 e. The Morgan fingerprint density at radius 2 is 1.60 bits per heavy atom. The predicted molar refractivity (Wildman–Crippen MR) is 66.5 cm³/mol. The summed E-state index contributed by atoms with van der Waals surface area (Å²) in [5.74, 6) is -0.385. The van der Waals surface area contributed by atoms with Gasteiger partial charge in [-0.1, -0.05) is 24.3 Å². The first-order valence-corrected chi connectivity index (χ1v) is 6.89. The topological polar surface area (TPSA) is 59.1 Å². The molecule has 0 saturated heterocycles. The van der Waals surface area contributed by atoms with Gasteiger partial charge in [-0.2, -0.15) is 13.2 Å². The van der Waals surface area contributed by atoms with Gasteiger partial charge in [-0.15, -0.1) is 0 Å². The standard InChI is InChI=1S/C12H9F3N2O2S/c13-12(14,15)10-7-4-8-11(16-10)17-20(18,19)9-5-2-1-3-6-9/h1-8H,(H,16,17). The van der Waals surface area contributed by atoms with Gasteiger partial charge in [0.25, 0.3) is 10.0 Å². The fraction of sp³-hybridized carbons (Fsp3) is 0.0833. The average molecular weight is 302 g/mol. The minimum absolute atomic E-state index is 0.0563. The summed E-state index contributed by atoms with van der Waals surface area (Å²) in [6, 6.07) is 10.3. The number of halogens is 3. The van der Waals surface area contributed by atoms with Crippen LogP contribution in [0.25, 0.3) is 0 Å². The van der Waals surface area contributed by atoms with E-state index in [9.17, 15) is 21.6 Å². The second kappa shape index (κ2) is 5.12. The SMILES string of the molecule is O=S(=O)(Nc1cccc(C(F)(F)F)n1)c1ccccc1. The highest BCUT2D eigenvalue weighted by Crippen LogP contribution is 2.28. The Morgan fingerprint density at radius 1 is 0.950 bits per heavy atom. The zero-order valence-electron chi connectivity index (χ0n) is 9.92. The first kappa shape index (κ1) is 14.3. The van der Waals surface area contributed by atoms with E-state index in [0.717, 1.165) is 18.2 Å². The Kier molecular flexibility index (Phi) is 3.67. The van der Waals surface area contributed by atoms with E-state index in [1.165, 1.54) is 24.3 Å². The van der Waals surface area contributed by atoms with Crippen LogP contribution in [0.4, 0.5) is 19.0 Å². The minimum Gasteiger partial charge on any atom is -0.263 e. The number of rotatable bonds is 3. The number of nitrogens with zero attached hydrogens (tertiary/aromatic N) is 1. The normalized spacial score (nSPS) is 12.2. The molecule has 20 heavy (non-hydrogen) atoms. The average Bonchev–Trinajstić information content (AvgIpc) is 2.38. The molecular formula is C12H9F3N2O2S. The Labute approximate surface area is 113 Å². The van der Waals surface area contributed by atoms with Gasteiger partial charge >= 0.3 is 6.18 Å². The van der Waals surface area contributed by atoms with Crippen LogP contribution in [0, 0.1) is 0 Å². The number of aromatic nitrogens is 1. The zero-order valence-corrected chi connectivity index (χ0v) is 10.7. The lowest BCUT2D eigenvalue weighted by Gasteiger charge is -2.10. The van der Waals surface area contributed by atoms with Gasteiger partial charge in [0, 0.05) is 0 Å². The van der Waals surface area contributed by atoms with Crippen LogP contribution in [0.3, 0.4) is 0 Å². The Hall–Kier alpha value is -2.09. The van der Waals surface area contributed by atoms with Gasteiger partial charge in [0.05, 0.1) is 4.90 Å². The quantitative estimate of drug-likeness (QED) is 0.948. The van der Waals surface area contributed by atoms with Crippen LogP contribution < -0.4 is 4.72 Å². The van der Waals surface area contributed by atoms with Gasteiger partial charge in [-0.05, 0) is 24.3 Å². The molecule has 1 aromatic heterocycles. The van der Waals surface area contributed by atoms with Crippen molar-refractivity contribution in [1.29, 1.82) is 0 Å². The molecule has 0 amide bonds. The summed E-state index contributed by atoms with van der Waals surface area (Å²) in [6.07, 6.45) is -4.63. The third kappa shape index (κ3) is 3.27. The molecule has 0 fully saturated rings. The van der Waals surface area contributed by atoms with E-state index < -0.39 is 21.9 Å². The van der Waals surface area contributed by atoms with Crippen molar-refractivity contribution in [2.75, 3.05) is 4.72 Å². The van der Waals surface area contributed by atoms with Gasteiger partial charge in [0.15, 0.2) is 0 Å². The lowest BCUT2D eigenvalue weighted by Crippen LogP contribution is -2.16. The van der Waals surface area contributed by atoms with E-state index in [-0.39, 0.29) is 10.7 Å². The fourth-order valence-electron chi connectivity index (χ4n) is 1.45. The number of sulfonamides is 1. The lowest BCUT2D eigenvalue weighted by molar-refractivity contribution is -0.141. The van der Waals surface area contributed by atoms with Crippen LogP contribution in [0.2, 0.25) is 0 Å². The molecular weight excluding hydrogens is 293 g/mol. The molecule has 0 unspecified atom stereocenters. The predicted octanol–water partition coefficient (Wildman–Crippen LogP) is 2.90. The maximum Gasteiger partial charge on any atom is 0.433 e. The summed E-state index contributed by atoms with van der Waals surface area (Å²) < 4.78 is 63.3. The summed E-state index contributed by atoms with van der Waals surface area (Å²) in [5.41, 5.74) is -1.16. The third-order valence-corrected chi connectivity index (χ3v) is 3.70. The summed E-state index contributed by atoms with van der Waals surface area (Å²) in [5, 5.41) is 0. The van der Waals surface area contributed by atoms with E-state index in [2.05, 4.69) is 4.98 Å². The fourth-order valence-corrected chi connectivity index (χ4v) is 2.47. The number of nitrogens with one attached hydrogen (secondary N) is 1. The first-order valence-electron chi connectivity index (χ1n) is 5.41. The molecule has 0 aliphatic heterocycles. The van der Waals surface area contributed by atoms with Gasteiger partial charge < -0.3 is 0 Å². The summed E-state index contributed by atoms with van der Waals surface area (Å²) in [6.45, 7) is 0. The van der Waals surface area contributed by atoms with Crippen LogP contribution >= 0.6 is 0 Å². The monoisotopic (exact) mass is 302 g/mol. The van der Waals surface area contributed by atoms with E-state index in [4.69, 9.17) is 0 Å². The van der Waals surface area contributed by atoms with Crippen molar-refractivity contribution in [3.05, 3.63) is 54.2 Å². The second-order valence-corrected chi connectivity index (χ2v) is 5.51. The van der Waals surface area contributed by atoms with Crippen molar-refractivity contribution < 1.29 is 21.6 Å². The third-order valence-electron chi connectivity index (χ3n) is 2.33. The van der Waals surface area contributed by atoms with E-state index in [1.54, 1.807) is 6.07 Å². The van der Waals surface area contributed by atoms with E-state index >= 15 is 0 Å². The Bertz CT molecular complexity index is 700. The molecule has 0 saturated carbocycles. The maximum absolute atomic E-state index is 12.5. The van der Waals surface area contributed by atoms with E-state index in [0.29, 0.717) is 0 Å². The lowest BCUT2D eigenvalue weighted by atomic mass is 10.3. The molecule has 1 N–H and O–H groups in total. The highest BCUT2D eigenvalue weighted by molar-refractivity contribution is 7.92. The molecule has 0 aliphatic rings. The molecule has 1 heterocycles. The van der Waals surface area contributed by atoms with Crippen LogP contribution in [0.15, 0.2) is 53.4 Å². The second-order valence-electron chi connectivity index (χ2n) is 3.82. The zero-order chi connectivity index (χ0) is 14.8. The molecule has 1 aromatic carbocycles. The first-order chi connectivity index (χ1) is 9.29. The van der Waals surface area contributed by atoms with Crippen molar-refractivity contribution >= 4 is 15.8 Å². The van der Waals surface area contributed by atoms with Crippen LogP contribution in [-0.2, 0) is 16.2 Å². The molecule has 0 atom stereocenters. The number of anilines is 1. The summed E-state index contributed by atoms with van der Waals surface area (Å²) >= 11 is 0. The molecule has 2 rings (SSSR count). The summed E-state index contributed by atoms with van der Waals surface area (Å²) in [4.78, 5) is 3.18. The number of hydrogen-bond donors (Lipinski definition) is 1. The van der Waals surface area contributed by atoms with Crippen molar-refractivity contribution in [3.63, 3.8) is 0 Å². The number of benzene rings is 1. The van der Waals surface area contributed by atoms with Crippen molar-refractivity contribution in [3.8, 4) is 0 Å². The van der Waals surface area contributed by atoms with Gasteiger partial charge in [-0.25, -0.2) is 13.4 Å². The minimum atomic E-state index is -4.63.